The Morgan fingerprint density at radius 2 is 1.78 bits per heavy atom. The largest absolute Gasteiger partial charge is 0.505 e. The lowest BCUT2D eigenvalue weighted by Gasteiger charge is -2.24. The second kappa shape index (κ2) is 6.80. The summed E-state index contributed by atoms with van der Waals surface area (Å²) < 4.78 is 0. The highest BCUT2D eigenvalue weighted by Crippen LogP contribution is 2.34. The quantitative estimate of drug-likeness (QED) is 0.733. The van der Waals surface area contributed by atoms with E-state index in [0.717, 1.165) is 17.5 Å². The summed E-state index contributed by atoms with van der Waals surface area (Å²) in [7, 11) is 0. The average Bonchev–Trinajstić information content (AvgIpc) is 2.58. The van der Waals surface area contributed by atoms with Gasteiger partial charge in [0.1, 0.15) is 11.3 Å². The van der Waals surface area contributed by atoms with Gasteiger partial charge in [0.05, 0.1) is 0 Å². The molecule has 0 amide bonds. The summed E-state index contributed by atoms with van der Waals surface area (Å²) in [5.41, 5.74) is 2.80. The van der Waals surface area contributed by atoms with Crippen LogP contribution in [0.15, 0.2) is 60.8 Å². The normalized spacial score (nSPS) is 12.7. The topological polar surface area (TPSA) is 45.2 Å². The average molecular weight is 306 g/mol. The molecule has 0 spiro atoms. The van der Waals surface area contributed by atoms with Crippen LogP contribution in [-0.2, 0) is 6.54 Å². The zero-order valence-electron chi connectivity index (χ0n) is 13.5. The summed E-state index contributed by atoms with van der Waals surface area (Å²) >= 11 is 0. The second-order valence-electron chi connectivity index (χ2n) is 6.17. The number of hydrogen-bond donors (Lipinski definition) is 2. The summed E-state index contributed by atoms with van der Waals surface area (Å²) in [6.07, 6.45) is 1.72. The molecule has 2 aromatic carbocycles. The van der Waals surface area contributed by atoms with E-state index in [9.17, 15) is 5.11 Å². The summed E-state index contributed by atoms with van der Waals surface area (Å²) in [6, 6.07) is 18.3. The Morgan fingerprint density at radius 1 is 1.00 bits per heavy atom. The molecule has 0 aliphatic heterocycles. The number of fused-ring (bicyclic) bond motifs is 1. The minimum atomic E-state index is 0.0709. The van der Waals surface area contributed by atoms with E-state index in [4.69, 9.17) is 0 Å². The summed E-state index contributed by atoms with van der Waals surface area (Å²) in [6.45, 7) is 5.08. The van der Waals surface area contributed by atoms with Crippen molar-refractivity contribution in [2.45, 2.75) is 26.4 Å². The Kier molecular flexibility index (Phi) is 4.58. The van der Waals surface area contributed by atoms with Crippen LogP contribution in [0.1, 0.15) is 31.0 Å². The van der Waals surface area contributed by atoms with Gasteiger partial charge in [-0.3, -0.25) is 4.98 Å². The van der Waals surface area contributed by atoms with Crippen molar-refractivity contribution in [3.05, 3.63) is 71.9 Å². The minimum absolute atomic E-state index is 0.0709. The van der Waals surface area contributed by atoms with Crippen molar-refractivity contribution in [2.24, 2.45) is 5.92 Å². The van der Waals surface area contributed by atoms with Crippen molar-refractivity contribution in [2.75, 3.05) is 0 Å². The fourth-order valence-electron chi connectivity index (χ4n) is 2.92. The van der Waals surface area contributed by atoms with Crippen LogP contribution in [0.3, 0.4) is 0 Å². The van der Waals surface area contributed by atoms with Gasteiger partial charge in [0.15, 0.2) is 0 Å². The molecular formula is C20H22N2O. The molecule has 0 saturated carbocycles. The molecule has 0 bridgehead atoms. The van der Waals surface area contributed by atoms with E-state index in [2.05, 4.69) is 36.3 Å². The monoisotopic (exact) mass is 306 g/mol. The maximum absolute atomic E-state index is 10.7. The third-order valence-electron chi connectivity index (χ3n) is 4.15. The third kappa shape index (κ3) is 3.35. The van der Waals surface area contributed by atoms with Crippen LogP contribution < -0.4 is 5.32 Å². The van der Waals surface area contributed by atoms with Gasteiger partial charge in [-0.15, -0.1) is 0 Å². The van der Waals surface area contributed by atoms with Crippen LogP contribution in [0, 0.1) is 5.92 Å². The van der Waals surface area contributed by atoms with E-state index >= 15 is 0 Å². The van der Waals surface area contributed by atoms with Gasteiger partial charge < -0.3 is 10.4 Å². The van der Waals surface area contributed by atoms with Gasteiger partial charge in [0, 0.05) is 29.7 Å². The lowest BCUT2D eigenvalue weighted by molar-refractivity contribution is 0.388. The van der Waals surface area contributed by atoms with Crippen LogP contribution in [0.5, 0.6) is 5.75 Å². The highest BCUT2D eigenvalue weighted by atomic mass is 16.3. The number of benzene rings is 2. The van der Waals surface area contributed by atoms with Gasteiger partial charge in [-0.25, -0.2) is 0 Å². The first-order chi connectivity index (χ1) is 11.2. The predicted octanol–water partition coefficient (Wildman–Crippen LogP) is 4.43. The molecular weight excluding hydrogens is 284 g/mol. The number of hydrogen-bond acceptors (Lipinski definition) is 3. The van der Waals surface area contributed by atoms with E-state index < -0.39 is 0 Å². The first kappa shape index (κ1) is 15.5. The molecule has 3 rings (SSSR count). The number of aromatic nitrogens is 1. The molecule has 0 fully saturated rings. The second-order valence-corrected chi connectivity index (χ2v) is 6.17. The zero-order chi connectivity index (χ0) is 16.2. The molecule has 1 atom stereocenters. The number of phenolic OH excluding ortho intramolecular Hbond substituents is 1. The molecule has 1 heterocycles. The van der Waals surface area contributed by atoms with Gasteiger partial charge >= 0.3 is 0 Å². The molecule has 1 aromatic heterocycles. The standard InChI is InChI=1S/C20H22N2O/c1-14(2)18(22-13-15-7-4-3-5-8-15)17-11-10-16-9-6-12-21-19(16)20(17)23/h3-12,14,18,22-23H,13H2,1-2H3. The number of nitrogens with zero attached hydrogens (tertiary/aromatic N) is 1. The van der Waals surface area contributed by atoms with Crippen molar-refractivity contribution in [3.8, 4) is 5.75 Å². The lowest BCUT2D eigenvalue weighted by Crippen LogP contribution is -2.25. The Balaban J connectivity index is 1.90. The molecule has 3 aromatic rings. The zero-order valence-corrected chi connectivity index (χ0v) is 13.5. The fraction of sp³-hybridized carbons (Fsp3) is 0.250. The first-order valence-corrected chi connectivity index (χ1v) is 8.00. The Morgan fingerprint density at radius 3 is 2.52 bits per heavy atom. The minimum Gasteiger partial charge on any atom is -0.505 e. The Bertz CT molecular complexity index is 784. The van der Waals surface area contributed by atoms with Crippen molar-refractivity contribution in [1.29, 1.82) is 0 Å². The smallest absolute Gasteiger partial charge is 0.146 e. The third-order valence-corrected chi connectivity index (χ3v) is 4.15. The predicted molar refractivity (Wildman–Crippen MR) is 94.3 cm³/mol. The molecule has 23 heavy (non-hydrogen) atoms. The Hall–Kier alpha value is -2.39. The molecule has 0 aliphatic carbocycles. The molecule has 3 heteroatoms. The van der Waals surface area contributed by atoms with Crippen molar-refractivity contribution >= 4 is 10.9 Å². The van der Waals surface area contributed by atoms with Crippen LogP contribution in [0.4, 0.5) is 0 Å². The SMILES string of the molecule is CC(C)C(NCc1ccccc1)c1ccc2cccnc2c1O. The highest BCUT2D eigenvalue weighted by Gasteiger charge is 2.20. The Labute approximate surface area is 137 Å². The number of nitrogens with one attached hydrogen (secondary N) is 1. The molecule has 1 unspecified atom stereocenters. The number of aromatic hydroxyl groups is 1. The molecule has 118 valence electrons. The van der Waals surface area contributed by atoms with E-state index in [1.165, 1.54) is 5.56 Å². The van der Waals surface area contributed by atoms with Gasteiger partial charge in [-0.2, -0.15) is 0 Å². The van der Waals surface area contributed by atoms with E-state index in [-0.39, 0.29) is 11.8 Å². The number of phenols is 1. The van der Waals surface area contributed by atoms with Crippen LogP contribution in [0.25, 0.3) is 10.9 Å². The van der Waals surface area contributed by atoms with Crippen molar-refractivity contribution in [3.63, 3.8) is 0 Å². The summed E-state index contributed by atoms with van der Waals surface area (Å²) in [5, 5.41) is 15.2. The maximum Gasteiger partial charge on any atom is 0.146 e. The molecule has 0 radical (unpaired) electrons. The summed E-state index contributed by atoms with van der Waals surface area (Å²) in [4.78, 5) is 4.32. The molecule has 2 N–H and O–H groups in total. The van der Waals surface area contributed by atoms with Gasteiger partial charge in [0.2, 0.25) is 0 Å². The van der Waals surface area contributed by atoms with Gasteiger partial charge in [-0.1, -0.05) is 62.4 Å². The van der Waals surface area contributed by atoms with Crippen LogP contribution >= 0.6 is 0 Å². The molecule has 3 nitrogen and oxygen atoms in total. The van der Waals surface area contributed by atoms with Gasteiger partial charge in [-0.05, 0) is 17.5 Å². The lowest BCUT2D eigenvalue weighted by atomic mass is 9.93. The van der Waals surface area contributed by atoms with E-state index in [1.54, 1.807) is 6.20 Å². The van der Waals surface area contributed by atoms with Crippen molar-refractivity contribution < 1.29 is 5.11 Å². The fourth-order valence-corrected chi connectivity index (χ4v) is 2.92. The highest BCUT2D eigenvalue weighted by molar-refractivity contribution is 5.85. The first-order valence-electron chi connectivity index (χ1n) is 8.00. The van der Waals surface area contributed by atoms with Gasteiger partial charge in [0.25, 0.3) is 0 Å². The van der Waals surface area contributed by atoms with Crippen LogP contribution in [-0.4, -0.2) is 10.1 Å². The number of rotatable bonds is 5. The maximum atomic E-state index is 10.7. The van der Waals surface area contributed by atoms with Crippen LogP contribution in [0.2, 0.25) is 0 Å². The number of pyridine rings is 1. The summed E-state index contributed by atoms with van der Waals surface area (Å²) in [5.74, 6) is 0.633. The van der Waals surface area contributed by atoms with Crippen molar-refractivity contribution in [1.82, 2.24) is 10.3 Å². The molecule has 0 aliphatic rings. The molecule has 0 saturated heterocycles. The van der Waals surface area contributed by atoms with E-state index in [0.29, 0.717) is 11.4 Å². The van der Waals surface area contributed by atoms with E-state index in [1.807, 2.05) is 42.5 Å².